The number of hydrogen-bond acceptors (Lipinski definition) is 6. The smallest absolute Gasteiger partial charge is 0.414 e. The number of ether oxygens (including phenoxy) is 1. The predicted octanol–water partition coefficient (Wildman–Crippen LogP) is 0.993. The number of imide groups is 1. The lowest BCUT2D eigenvalue weighted by molar-refractivity contribution is -0.882. The quantitative estimate of drug-likeness (QED) is 0.681. The number of nitrogens with zero attached hydrogens (tertiary/aromatic N) is 2. The number of nitrogens with one attached hydrogen (secondary N) is 2. The fraction of sp³-hybridized carbons (Fsp3) is 0.474. The van der Waals surface area contributed by atoms with Crippen molar-refractivity contribution in [1.82, 2.24) is 15.2 Å². The van der Waals surface area contributed by atoms with Crippen LogP contribution in [0.15, 0.2) is 24.3 Å². The van der Waals surface area contributed by atoms with Crippen LogP contribution in [0.2, 0.25) is 0 Å². The molecular formula is C19H27N4O4S+. The maximum absolute atomic E-state index is 12.7. The third kappa shape index (κ3) is 5.74. The van der Waals surface area contributed by atoms with Gasteiger partial charge in [-0.15, -0.1) is 11.3 Å². The second-order valence-corrected chi connectivity index (χ2v) is 7.49. The van der Waals surface area contributed by atoms with Crippen LogP contribution in [0.1, 0.15) is 31.8 Å². The fourth-order valence-electron chi connectivity index (χ4n) is 2.65. The first kappa shape index (κ1) is 21.8. The summed E-state index contributed by atoms with van der Waals surface area (Å²) in [5.41, 5.74) is 0.923. The van der Waals surface area contributed by atoms with Gasteiger partial charge in [-0.3, -0.25) is 14.9 Å². The normalized spacial score (nSPS) is 13.0. The molecule has 28 heavy (non-hydrogen) atoms. The van der Waals surface area contributed by atoms with Crippen molar-refractivity contribution in [3.05, 3.63) is 29.3 Å². The monoisotopic (exact) mass is 407 g/mol. The van der Waals surface area contributed by atoms with E-state index in [1.54, 1.807) is 30.2 Å². The van der Waals surface area contributed by atoms with E-state index in [0.29, 0.717) is 6.54 Å². The van der Waals surface area contributed by atoms with Crippen LogP contribution in [0.4, 0.5) is 4.79 Å². The van der Waals surface area contributed by atoms with Gasteiger partial charge in [0.2, 0.25) is 0 Å². The van der Waals surface area contributed by atoms with Gasteiger partial charge in [0.1, 0.15) is 5.01 Å². The van der Waals surface area contributed by atoms with Crippen molar-refractivity contribution in [2.24, 2.45) is 0 Å². The molecule has 9 heteroatoms. The fourth-order valence-corrected chi connectivity index (χ4v) is 3.72. The van der Waals surface area contributed by atoms with E-state index in [2.05, 4.69) is 10.3 Å². The van der Waals surface area contributed by atoms with E-state index in [1.165, 1.54) is 0 Å². The molecule has 0 saturated carbocycles. The van der Waals surface area contributed by atoms with Gasteiger partial charge >= 0.3 is 6.09 Å². The van der Waals surface area contributed by atoms with Crippen molar-refractivity contribution in [2.45, 2.75) is 26.8 Å². The molecule has 0 spiro atoms. The Morgan fingerprint density at radius 1 is 1.25 bits per heavy atom. The highest BCUT2D eigenvalue weighted by Crippen LogP contribution is 2.28. The van der Waals surface area contributed by atoms with E-state index < -0.39 is 12.0 Å². The Balaban J connectivity index is 1.95. The Labute approximate surface area is 168 Å². The minimum Gasteiger partial charge on any atom is -0.450 e. The van der Waals surface area contributed by atoms with Gasteiger partial charge in [-0.25, -0.2) is 9.78 Å². The summed E-state index contributed by atoms with van der Waals surface area (Å²) in [5.74, 6) is -0.558. The molecule has 2 N–H and O–H groups in total. The van der Waals surface area contributed by atoms with Gasteiger partial charge < -0.3 is 14.5 Å². The minimum absolute atomic E-state index is 0.0183. The van der Waals surface area contributed by atoms with Crippen molar-refractivity contribution in [3.8, 4) is 0 Å². The van der Waals surface area contributed by atoms with Crippen LogP contribution < -0.4 is 10.2 Å². The van der Waals surface area contributed by atoms with E-state index in [-0.39, 0.29) is 31.6 Å². The molecule has 1 aromatic heterocycles. The lowest BCUT2D eigenvalue weighted by atomic mass is 10.3. The number of carbonyl (C=O) groups is 3. The SMILES string of the molecule is CCOC(=O)NC(=O)C[NH+](CC)CC(=O)N(C)[C@@H](C)c1nc2ccccc2s1. The van der Waals surface area contributed by atoms with Gasteiger partial charge in [-0.2, -0.15) is 0 Å². The van der Waals surface area contributed by atoms with E-state index in [1.807, 2.05) is 38.1 Å². The molecule has 0 aliphatic carbocycles. The first-order valence-electron chi connectivity index (χ1n) is 9.27. The highest BCUT2D eigenvalue weighted by atomic mass is 32.1. The summed E-state index contributed by atoms with van der Waals surface area (Å²) in [6, 6.07) is 7.70. The molecule has 2 atom stereocenters. The van der Waals surface area contributed by atoms with Gasteiger partial charge in [-0.1, -0.05) is 12.1 Å². The molecule has 2 rings (SSSR count). The number of likely N-dealkylation sites (N-methyl/N-ethyl adjacent to an activating group) is 2. The number of rotatable bonds is 8. The molecular weight excluding hydrogens is 380 g/mol. The summed E-state index contributed by atoms with van der Waals surface area (Å²) in [4.78, 5) is 43.0. The van der Waals surface area contributed by atoms with Crippen LogP contribution >= 0.6 is 11.3 Å². The molecule has 2 aromatic rings. The predicted molar refractivity (Wildman–Crippen MR) is 107 cm³/mol. The van der Waals surface area contributed by atoms with Crippen molar-refractivity contribution < 1.29 is 24.0 Å². The Hall–Kier alpha value is -2.52. The van der Waals surface area contributed by atoms with Crippen LogP contribution in [-0.4, -0.2) is 61.1 Å². The molecule has 0 saturated heterocycles. The zero-order valence-corrected chi connectivity index (χ0v) is 17.5. The Morgan fingerprint density at radius 2 is 1.96 bits per heavy atom. The van der Waals surface area contributed by atoms with Crippen LogP contribution in [0.25, 0.3) is 10.2 Å². The summed E-state index contributed by atoms with van der Waals surface area (Å²) in [7, 11) is 1.74. The average Bonchev–Trinajstić information content (AvgIpc) is 3.10. The van der Waals surface area contributed by atoms with Crippen LogP contribution in [-0.2, 0) is 14.3 Å². The number of thiazole rings is 1. The van der Waals surface area contributed by atoms with Gasteiger partial charge in [-0.05, 0) is 32.9 Å². The first-order valence-corrected chi connectivity index (χ1v) is 10.1. The van der Waals surface area contributed by atoms with E-state index in [0.717, 1.165) is 20.1 Å². The Kier molecular flexibility index (Phi) is 7.89. The van der Waals surface area contributed by atoms with Gasteiger partial charge in [0.05, 0.1) is 29.4 Å². The average molecular weight is 408 g/mol. The van der Waals surface area contributed by atoms with Crippen molar-refractivity contribution >= 4 is 39.5 Å². The molecule has 0 bridgehead atoms. The third-order valence-electron chi connectivity index (χ3n) is 4.47. The minimum atomic E-state index is -0.768. The lowest BCUT2D eigenvalue weighted by Gasteiger charge is -2.25. The summed E-state index contributed by atoms with van der Waals surface area (Å²) >= 11 is 1.57. The third-order valence-corrected chi connectivity index (χ3v) is 5.68. The van der Waals surface area contributed by atoms with Crippen molar-refractivity contribution in [3.63, 3.8) is 0 Å². The largest absolute Gasteiger partial charge is 0.450 e. The highest BCUT2D eigenvalue weighted by molar-refractivity contribution is 7.18. The molecule has 0 fully saturated rings. The second kappa shape index (κ2) is 10.1. The number of benzene rings is 1. The molecule has 0 aliphatic rings. The standard InChI is InChI=1S/C19H26N4O4S/c1-5-23(11-16(24)21-19(26)27-6-2)12-17(25)22(4)13(3)18-20-14-9-7-8-10-15(14)28-18/h7-10,13H,5-6,11-12H2,1-4H3,(H,21,24,26)/p+1/t13-/m0/s1. The Morgan fingerprint density at radius 3 is 2.61 bits per heavy atom. The molecule has 152 valence electrons. The van der Waals surface area contributed by atoms with Gasteiger partial charge in [0.25, 0.3) is 11.8 Å². The molecule has 0 aliphatic heterocycles. The van der Waals surface area contributed by atoms with Crippen molar-refractivity contribution in [1.29, 1.82) is 0 Å². The zero-order chi connectivity index (χ0) is 20.7. The van der Waals surface area contributed by atoms with E-state index >= 15 is 0 Å². The number of aromatic nitrogens is 1. The molecule has 8 nitrogen and oxygen atoms in total. The number of alkyl carbamates (subject to hydrolysis) is 1. The maximum atomic E-state index is 12.7. The summed E-state index contributed by atoms with van der Waals surface area (Å²) < 4.78 is 5.78. The number of quaternary nitrogens is 1. The maximum Gasteiger partial charge on any atom is 0.414 e. The van der Waals surface area contributed by atoms with Gasteiger partial charge in [0, 0.05) is 7.05 Å². The molecule has 1 heterocycles. The first-order chi connectivity index (χ1) is 13.3. The zero-order valence-electron chi connectivity index (χ0n) is 16.7. The summed E-state index contributed by atoms with van der Waals surface area (Å²) in [6.07, 6.45) is -0.768. The number of fused-ring (bicyclic) bond motifs is 1. The molecule has 0 radical (unpaired) electrons. The van der Waals surface area contributed by atoms with E-state index in [4.69, 9.17) is 4.74 Å². The molecule has 3 amide bonds. The van der Waals surface area contributed by atoms with Crippen LogP contribution in [0, 0.1) is 0 Å². The molecule has 1 aromatic carbocycles. The second-order valence-electron chi connectivity index (χ2n) is 6.43. The molecule has 1 unspecified atom stereocenters. The lowest BCUT2D eigenvalue weighted by Crippen LogP contribution is -3.14. The van der Waals surface area contributed by atoms with Crippen LogP contribution in [0.3, 0.4) is 0 Å². The number of carbonyl (C=O) groups excluding carboxylic acids is 3. The number of amides is 3. The van der Waals surface area contributed by atoms with Crippen molar-refractivity contribution in [2.75, 3.05) is 33.3 Å². The summed E-state index contributed by atoms with van der Waals surface area (Å²) in [6.45, 7) is 6.42. The van der Waals surface area contributed by atoms with Crippen LogP contribution in [0.5, 0.6) is 0 Å². The summed E-state index contributed by atoms with van der Waals surface area (Å²) in [5, 5.41) is 3.03. The van der Waals surface area contributed by atoms with E-state index in [9.17, 15) is 14.4 Å². The highest BCUT2D eigenvalue weighted by Gasteiger charge is 2.25. The Bertz CT molecular complexity index is 805. The van der Waals surface area contributed by atoms with Gasteiger partial charge in [0.15, 0.2) is 13.1 Å². The number of hydrogen-bond donors (Lipinski definition) is 2. The number of para-hydroxylation sites is 1. The topological polar surface area (TPSA) is 93.0 Å².